The number of alkyl carbamates (subject to hydrolysis) is 1. The number of primary amides is 1. The fourth-order valence-corrected chi connectivity index (χ4v) is 2.33. The highest BCUT2D eigenvalue weighted by atomic mass is 16.6. The molecule has 0 heterocycles. The Balaban J connectivity index is 2.81. The van der Waals surface area contributed by atoms with E-state index < -0.39 is 42.0 Å². The van der Waals surface area contributed by atoms with Crippen molar-refractivity contribution in [1.29, 1.82) is 0 Å². The molecule has 30 heavy (non-hydrogen) atoms. The van der Waals surface area contributed by atoms with Gasteiger partial charge < -0.3 is 30.0 Å². The molecule has 1 aromatic carbocycles. The third-order valence-corrected chi connectivity index (χ3v) is 3.71. The maximum absolute atomic E-state index is 12.4. The summed E-state index contributed by atoms with van der Waals surface area (Å²) >= 11 is 0. The highest BCUT2D eigenvalue weighted by molar-refractivity contribution is 6.00. The summed E-state index contributed by atoms with van der Waals surface area (Å²) in [5.41, 5.74) is 4.52. The molecule has 1 atom stereocenters. The molecule has 10 nitrogen and oxygen atoms in total. The van der Waals surface area contributed by atoms with E-state index in [4.69, 9.17) is 24.7 Å². The van der Waals surface area contributed by atoms with Gasteiger partial charge in [-0.25, -0.2) is 9.59 Å². The highest BCUT2D eigenvalue weighted by Gasteiger charge is 2.27. The average molecular weight is 424 g/mol. The van der Waals surface area contributed by atoms with Crippen LogP contribution >= 0.6 is 0 Å². The van der Waals surface area contributed by atoms with E-state index in [1.165, 1.54) is 26.4 Å². The van der Waals surface area contributed by atoms with Gasteiger partial charge in [0.1, 0.15) is 23.1 Å². The topological polar surface area (TPSA) is 143 Å². The minimum Gasteiger partial charge on any atom is -0.497 e. The molecule has 0 aliphatic rings. The number of Topliss-reactive ketones (excluding diaryl/α,β-unsaturated/α-hetero) is 1. The quantitative estimate of drug-likeness (QED) is 0.426. The van der Waals surface area contributed by atoms with E-state index in [1.54, 1.807) is 26.8 Å². The number of benzene rings is 1. The molecule has 0 aliphatic carbocycles. The van der Waals surface area contributed by atoms with Gasteiger partial charge in [-0.1, -0.05) is 0 Å². The molecule has 0 spiro atoms. The molecule has 3 N–H and O–H groups in total. The number of amides is 2. The van der Waals surface area contributed by atoms with Crippen LogP contribution in [-0.4, -0.2) is 56.2 Å². The molecule has 0 radical (unpaired) electrons. The van der Waals surface area contributed by atoms with Crippen molar-refractivity contribution in [2.75, 3.05) is 20.8 Å². The first-order chi connectivity index (χ1) is 14.0. The first-order valence-electron chi connectivity index (χ1n) is 9.16. The summed E-state index contributed by atoms with van der Waals surface area (Å²) < 4.78 is 20.4. The summed E-state index contributed by atoms with van der Waals surface area (Å²) in [5, 5.41) is 2.33. The summed E-state index contributed by atoms with van der Waals surface area (Å²) in [6.45, 7) is 4.38. The van der Waals surface area contributed by atoms with Gasteiger partial charge in [-0.15, -0.1) is 0 Å². The van der Waals surface area contributed by atoms with Crippen molar-refractivity contribution in [3.8, 4) is 11.5 Å². The van der Waals surface area contributed by atoms with E-state index in [0.717, 1.165) is 0 Å². The lowest BCUT2D eigenvalue weighted by atomic mass is 10.1. The van der Waals surface area contributed by atoms with Gasteiger partial charge in [0.25, 0.3) is 0 Å². The Morgan fingerprint density at radius 3 is 2.30 bits per heavy atom. The molecular weight excluding hydrogens is 396 g/mol. The van der Waals surface area contributed by atoms with E-state index in [9.17, 15) is 19.2 Å². The first kappa shape index (κ1) is 24.7. The number of carbonyl (C=O) groups is 4. The Morgan fingerprint density at radius 2 is 1.77 bits per heavy atom. The minimum atomic E-state index is -1.21. The number of esters is 1. The zero-order valence-corrected chi connectivity index (χ0v) is 17.8. The Kier molecular flexibility index (Phi) is 9.10. The third kappa shape index (κ3) is 8.38. The Bertz CT molecular complexity index is 786. The van der Waals surface area contributed by atoms with Crippen molar-refractivity contribution in [3.63, 3.8) is 0 Å². The summed E-state index contributed by atoms with van der Waals surface area (Å²) in [6, 6.07) is 3.36. The Hall–Kier alpha value is -3.30. The molecule has 1 rings (SSSR count). The smallest absolute Gasteiger partial charge is 0.408 e. The van der Waals surface area contributed by atoms with Crippen LogP contribution in [0.3, 0.4) is 0 Å². The number of hydrogen-bond donors (Lipinski definition) is 2. The van der Waals surface area contributed by atoms with Crippen LogP contribution in [0, 0.1) is 0 Å². The zero-order chi connectivity index (χ0) is 22.9. The van der Waals surface area contributed by atoms with Gasteiger partial charge in [-0.2, -0.15) is 0 Å². The lowest BCUT2D eigenvalue weighted by Gasteiger charge is -2.22. The molecular formula is C20H28N2O8. The fraction of sp³-hybridized carbons (Fsp3) is 0.500. The monoisotopic (exact) mass is 424 g/mol. The van der Waals surface area contributed by atoms with Gasteiger partial charge in [0.05, 0.1) is 19.8 Å². The molecule has 2 amide bonds. The van der Waals surface area contributed by atoms with Crippen LogP contribution in [0.4, 0.5) is 4.79 Å². The van der Waals surface area contributed by atoms with Gasteiger partial charge in [0.15, 0.2) is 6.61 Å². The number of ketones is 1. The Labute approximate surface area is 175 Å². The molecule has 1 aromatic rings. The van der Waals surface area contributed by atoms with Crippen molar-refractivity contribution < 1.29 is 38.1 Å². The minimum absolute atomic E-state index is 0.104. The number of rotatable bonds is 10. The van der Waals surface area contributed by atoms with E-state index in [2.05, 4.69) is 5.32 Å². The van der Waals surface area contributed by atoms with Crippen molar-refractivity contribution in [3.05, 3.63) is 23.8 Å². The normalized spacial score (nSPS) is 11.8. The van der Waals surface area contributed by atoms with E-state index in [-0.39, 0.29) is 24.2 Å². The highest BCUT2D eigenvalue weighted by Crippen LogP contribution is 2.25. The fourth-order valence-electron chi connectivity index (χ4n) is 2.33. The number of methoxy groups -OCH3 is 2. The maximum atomic E-state index is 12.4. The summed E-state index contributed by atoms with van der Waals surface area (Å²) in [5.74, 6) is -1.32. The number of ether oxygens (including phenoxy) is 4. The number of nitrogens with two attached hydrogens (primary N) is 1. The van der Waals surface area contributed by atoms with Crippen LogP contribution in [0.25, 0.3) is 0 Å². The molecule has 0 aromatic heterocycles. The molecule has 0 aliphatic heterocycles. The van der Waals surface area contributed by atoms with Crippen LogP contribution in [0.2, 0.25) is 0 Å². The lowest BCUT2D eigenvalue weighted by molar-refractivity contribution is -0.145. The summed E-state index contributed by atoms with van der Waals surface area (Å²) in [6.07, 6.45) is -1.14. The molecule has 0 fully saturated rings. The van der Waals surface area contributed by atoms with Gasteiger partial charge in [-0.05, 0) is 39.3 Å². The van der Waals surface area contributed by atoms with Gasteiger partial charge >= 0.3 is 12.1 Å². The standard InChI is InChI=1S/C20H28N2O8/c1-20(2,3)30-19(26)22-14(8-9-17(21)24)18(25)29-11-15(23)13-7-6-12(27-4)10-16(13)28-5/h6-7,10,14H,8-9,11H2,1-5H3,(H2,21,24)(H,22,26)/t14-/m1/s1. The second-order valence-electron chi connectivity index (χ2n) is 7.30. The van der Waals surface area contributed by atoms with Crippen LogP contribution in [0.5, 0.6) is 11.5 Å². The van der Waals surface area contributed by atoms with Gasteiger partial charge in [-0.3, -0.25) is 9.59 Å². The lowest BCUT2D eigenvalue weighted by Crippen LogP contribution is -2.45. The van der Waals surface area contributed by atoms with Crippen LogP contribution in [0.15, 0.2) is 18.2 Å². The average Bonchev–Trinajstić information content (AvgIpc) is 2.66. The Morgan fingerprint density at radius 1 is 1.10 bits per heavy atom. The first-order valence-corrected chi connectivity index (χ1v) is 9.16. The van der Waals surface area contributed by atoms with Crippen LogP contribution in [-0.2, 0) is 19.1 Å². The van der Waals surface area contributed by atoms with E-state index >= 15 is 0 Å². The number of nitrogens with one attached hydrogen (secondary N) is 1. The summed E-state index contributed by atoms with van der Waals surface area (Å²) in [4.78, 5) is 47.9. The van der Waals surface area contributed by atoms with Crippen molar-refractivity contribution in [2.24, 2.45) is 5.73 Å². The molecule has 166 valence electrons. The van der Waals surface area contributed by atoms with Crippen molar-refractivity contribution >= 4 is 23.8 Å². The largest absolute Gasteiger partial charge is 0.497 e. The van der Waals surface area contributed by atoms with E-state index in [0.29, 0.717) is 5.75 Å². The number of carbonyl (C=O) groups excluding carboxylic acids is 4. The molecule has 0 saturated heterocycles. The molecule has 10 heteroatoms. The second-order valence-corrected chi connectivity index (χ2v) is 7.30. The molecule has 0 saturated carbocycles. The molecule has 0 bridgehead atoms. The van der Waals surface area contributed by atoms with Gasteiger partial charge in [0, 0.05) is 12.5 Å². The summed E-state index contributed by atoms with van der Waals surface area (Å²) in [7, 11) is 2.87. The predicted molar refractivity (Wildman–Crippen MR) is 106 cm³/mol. The number of hydrogen-bond acceptors (Lipinski definition) is 8. The van der Waals surface area contributed by atoms with Crippen LogP contribution < -0.4 is 20.5 Å². The van der Waals surface area contributed by atoms with E-state index in [1.807, 2.05) is 0 Å². The van der Waals surface area contributed by atoms with Gasteiger partial charge in [0.2, 0.25) is 11.7 Å². The maximum Gasteiger partial charge on any atom is 0.408 e. The third-order valence-electron chi connectivity index (χ3n) is 3.71. The predicted octanol–water partition coefficient (Wildman–Crippen LogP) is 1.59. The SMILES string of the molecule is COc1ccc(C(=O)COC(=O)[C@@H](CCC(N)=O)NC(=O)OC(C)(C)C)c(OC)c1. The second kappa shape index (κ2) is 11.0. The molecule has 0 unspecified atom stereocenters. The van der Waals surface area contributed by atoms with Crippen molar-refractivity contribution in [2.45, 2.75) is 45.3 Å². The van der Waals surface area contributed by atoms with Crippen molar-refractivity contribution in [1.82, 2.24) is 5.32 Å². The van der Waals surface area contributed by atoms with Crippen LogP contribution in [0.1, 0.15) is 44.0 Å². The zero-order valence-electron chi connectivity index (χ0n) is 17.8.